The van der Waals surface area contributed by atoms with Crippen LogP contribution in [0.15, 0.2) is 72.8 Å². The van der Waals surface area contributed by atoms with E-state index in [1.54, 1.807) is 0 Å². The average Bonchev–Trinajstić information content (AvgIpc) is 2.86. The molecule has 178 valence electrons. The number of hydrogen-bond acceptors (Lipinski definition) is 3. The predicted octanol–water partition coefficient (Wildman–Crippen LogP) is 4.68. The first-order valence-corrected chi connectivity index (χ1v) is 12.3. The number of amides is 1. The lowest BCUT2D eigenvalue weighted by Gasteiger charge is -2.10. The van der Waals surface area contributed by atoms with Crippen molar-refractivity contribution in [3.05, 3.63) is 111 Å². The van der Waals surface area contributed by atoms with Gasteiger partial charge in [0.1, 0.15) is 0 Å². The molecule has 0 fully saturated rings. The predicted molar refractivity (Wildman–Crippen MR) is 141 cm³/mol. The van der Waals surface area contributed by atoms with Gasteiger partial charge in [-0.25, -0.2) is 0 Å². The molecule has 3 aromatic rings. The van der Waals surface area contributed by atoms with Crippen LogP contribution in [0.3, 0.4) is 0 Å². The van der Waals surface area contributed by atoms with E-state index in [2.05, 4.69) is 41.5 Å². The first-order chi connectivity index (χ1) is 17.0. The minimum atomic E-state index is -0.162. The van der Waals surface area contributed by atoms with Gasteiger partial charge in [-0.05, 0) is 55.4 Å². The van der Waals surface area contributed by atoms with Gasteiger partial charge in [-0.2, -0.15) is 0 Å². The molecule has 1 aliphatic rings. The number of ketones is 1. The molecule has 0 radical (unpaired) electrons. The summed E-state index contributed by atoms with van der Waals surface area (Å²) in [4.78, 5) is 30.3. The van der Waals surface area contributed by atoms with Crippen molar-refractivity contribution in [2.24, 2.45) is 5.92 Å². The number of carbonyl (C=O) groups excluding carboxylic acids is 2. The summed E-state index contributed by atoms with van der Waals surface area (Å²) < 4.78 is 0. The number of pyridine rings is 1. The zero-order valence-corrected chi connectivity index (χ0v) is 20.5. The molecule has 4 nitrogen and oxygen atoms in total. The minimum Gasteiger partial charge on any atom is -0.348 e. The van der Waals surface area contributed by atoms with E-state index < -0.39 is 0 Å². The Balaban J connectivity index is 1.39. The summed E-state index contributed by atoms with van der Waals surface area (Å²) in [6.07, 6.45) is 11.5. The summed E-state index contributed by atoms with van der Waals surface area (Å²) in [5.74, 6) is 0.436. The lowest BCUT2D eigenvalue weighted by atomic mass is 10.0. The van der Waals surface area contributed by atoms with Gasteiger partial charge in [-0.15, -0.1) is 0 Å². The van der Waals surface area contributed by atoms with Crippen molar-refractivity contribution in [1.82, 2.24) is 10.3 Å². The monoisotopic (exact) mass is 464 g/mol. The fourth-order valence-electron chi connectivity index (χ4n) is 4.27. The van der Waals surface area contributed by atoms with Gasteiger partial charge in [-0.3, -0.25) is 14.6 Å². The van der Waals surface area contributed by atoms with Crippen molar-refractivity contribution in [3.8, 4) is 0 Å². The van der Waals surface area contributed by atoms with Gasteiger partial charge in [0.25, 0.3) is 5.91 Å². The third kappa shape index (κ3) is 6.63. The molecule has 4 rings (SSSR count). The number of benzene rings is 2. The molecular weight excluding hydrogens is 432 g/mol. The van der Waals surface area contributed by atoms with Crippen LogP contribution in [0.2, 0.25) is 0 Å². The number of carbonyl (C=O) groups is 2. The molecule has 0 bridgehead atoms. The zero-order chi connectivity index (χ0) is 24.6. The number of allylic oxidation sites excluding steroid dienone is 2. The van der Waals surface area contributed by atoms with Gasteiger partial charge >= 0.3 is 0 Å². The van der Waals surface area contributed by atoms with Gasteiger partial charge in [0.2, 0.25) is 0 Å². The Hall–Kier alpha value is -3.79. The SMILES string of the molecule is Cc1nc2/c(cc1C(=O)NCc1cccc(C(=O)CCCc3ccccc3)c1)=C\C=C/C(C)C/C=2. The molecule has 1 aliphatic carbocycles. The highest BCUT2D eigenvalue weighted by molar-refractivity contribution is 5.96. The zero-order valence-electron chi connectivity index (χ0n) is 20.5. The fourth-order valence-corrected chi connectivity index (χ4v) is 4.27. The first-order valence-electron chi connectivity index (χ1n) is 12.3. The lowest BCUT2D eigenvalue weighted by molar-refractivity contribution is 0.0948. The molecule has 1 unspecified atom stereocenters. The van der Waals surface area contributed by atoms with Crippen molar-refractivity contribution in [2.75, 3.05) is 0 Å². The van der Waals surface area contributed by atoms with Crippen molar-refractivity contribution in [2.45, 2.75) is 46.1 Å². The Bertz CT molecular complexity index is 1360. The van der Waals surface area contributed by atoms with Gasteiger partial charge in [0.15, 0.2) is 5.78 Å². The van der Waals surface area contributed by atoms with E-state index in [0.717, 1.165) is 35.4 Å². The van der Waals surface area contributed by atoms with E-state index in [-0.39, 0.29) is 11.7 Å². The number of aryl methyl sites for hydroxylation is 2. The number of Topliss-reactive ketones (excluding diaryl/α,β-unsaturated/α-hetero) is 1. The number of fused-ring (bicyclic) bond motifs is 1. The van der Waals surface area contributed by atoms with Gasteiger partial charge in [-0.1, -0.05) is 79.8 Å². The van der Waals surface area contributed by atoms with Crippen LogP contribution in [0, 0.1) is 12.8 Å². The van der Waals surface area contributed by atoms with Crippen LogP contribution in [0.5, 0.6) is 0 Å². The lowest BCUT2D eigenvalue weighted by Crippen LogP contribution is -2.34. The molecule has 0 saturated carbocycles. The Morgan fingerprint density at radius 1 is 1.03 bits per heavy atom. The normalized spacial score (nSPS) is 17.5. The number of rotatable bonds is 8. The molecule has 0 saturated heterocycles. The highest BCUT2D eigenvalue weighted by atomic mass is 16.1. The molecule has 1 amide bonds. The van der Waals surface area contributed by atoms with E-state index in [1.807, 2.05) is 67.6 Å². The summed E-state index contributed by atoms with van der Waals surface area (Å²) >= 11 is 0. The standard InChI is InChI=1S/C31H32N2O2/c1-22-9-6-14-26-20-28(23(2)33-29(26)18-17-22)31(35)32-21-25-13-7-15-27(19-25)30(34)16-8-12-24-10-4-3-5-11-24/h3-7,9-11,13-15,18-20,22H,8,12,16-17,21H2,1-2H3,(H,32,35)/b9-6-,26-14-,29-18-. The van der Waals surface area contributed by atoms with E-state index in [1.165, 1.54) is 5.56 Å². The van der Waals surface area contributed by atoms with E-state index in [9.17, 15) is 9.59 Å². The Kier molecular flexibility index (Phi) is 8.04. The molecule has 1 aromatic heterocycles. The molecule has 1 N–H and O–H groups in total. The van der Waals surface area contributed by atoms with Crippen molar-refractivity contribution >= 4 is 23.8 Å². The number of nitrogens with zero attached hydrogens (tertiary/aromatic N) is 1. The van der Waals surface area contributed by atoms with Crippen LogP contribution in [-0.4, -0.2) is 16.7 Å². The highest BCUT2D eigenvalue weighted by Gasteiger charge is 2.12. The summed E-state index contributed by atoms with van der Waals surface area (Å²) in [6, 6.07) is 19.7. The summed E-state index contributed by atoms with van der Waals surface area (Å²) in [5.41, 5.74) is 4.13. The molecule has 0 aliphatic heterocycles. The number of aromatic nitrogens is 1. The van der Waals surface area contributed by atoms with Crippen molar-refractivity contribution in [1.29, 1.82) is 0 Å². The maximum absolute atomic E-state index is 13.0. The van der Waals surface area contributed by atoms with Gasteiger partial charge < -0.3 is 5.32 Å². The Morgan fingerprint density at radius 3 is 2.66 bits per heavy atom. The van der Waals surface area contributed by atoms with Gasteiger partial charge in [0, 0.05) is 23.7 Å². The second kappa shape index (κ2) is 11.6. The maximum Gasteiger partial charge on any atom is 0.253 e. The number of nitrogens with one attached hydrogen (secondary N) is 1. The highest BCUT2D eigenvalue weighted by Crippen LogP contribution is 2.12. The third-order valence-electron chi connectivity index (χ3n) is 6.33. The minimum absolute atomic E-state index is 0.130. The van der Waals surface area contributed by atoms with E-state index in [0.29, 0.717) is 35.7 Å². The first kappa shape index (κ1) is 24.3. The molecular formula is C31H32N2O2. The van der Waals surface area contributed by atoms with Crippen LogP contribution in [0.1, 0.15) is 63.7 Å². The smallest absolute Gasteiger partial charge is 0.253 e. The largest absolute Gasteiger partial charge is 0.348 e. The van der Waals surface area contributed by atoms with Gasteiger partial charge in [0.05, 0.1) is 16.6 Å². The molecule has 35 heavy (non-hydrogen) atoms. The van der Waals surface area contributed by atoms with Crippen LogP contribution in [0.4, 0.5) is 0 Å². The topological polar surface area (TPSA) is 59.1 Å². The molecule has 2 aromatic carbocycles. The van der Waals surface area contributed by atoms with E-state index in [4.69, 9.17) is 0 Å². The Labute approximate surface area is 207 Å². The second-order valence-electron chi connectivity index (χ2n) is 9.21. The van der Waals surface area contributed by atoms with E-state index >= 15 is 0 Å². The second-order valence-corrected chi connectivity index (χ2v) is 9.21. The quantitative estimate of drug-likeness (QED) is 0.493. The Morgan fingerprint density at radius 2 is 1.83 bits per heavy atom. The van der Waals surface area contributed by atoms with Crippen LogP contribution < -0.4 is 15.9 Å². The third-order valence-corrected chi connectivity index (χ3v) is 6.33. The molecule has 4 heteroatoms. The molecule has 0 spiro atoms. The molecule has 1 atom stereocenters. The molecule has 1 heterocycles. The van der Waals surface area contributed by atoms with Crippen LogP contribution >= 0.6 is 0 Å². The van der Waals surface area contributed by atoms with Crippen molar-refractivity contribution in [3.63, 3.8) is 0 Å². The number of hydrogen-bond donors (Lipinski definition) is 1. The summed E-state index contributed by atoms with van der Waals surface area (Å²) in [6.45, 7) is 4.40. The van der Waals surface area contributed by atoms with Crippen LogP contribution in [-0.2, 0) is 13.0 Å². The summed E-state index contributed by atoms with van der Waals surface area (Å²) in [7, 11) is 0. The van der Waals surface area contributed by atoms with Crippen molar-refractivity contribution < 1.29 is 9.59 Å². The average molecular weight is 465 g/mol. The maximum atomic E-state index is 13.0. The summed E-state index contributed by atoms with van der Waals surface area (Å²) in [5, 5.41) is 4.87. The van der Waals surface area contributed by atoms with Crippen LogP contribution in [0.25, 0.3) is 12.2 Å². The fraction of sp³-hybridized carbons (Fsp3) is 0.258.